The van der Waals surface area contributed by atoms with Crippen molar-refractivity contribution in [1.29, 1.82) is 0 Å². The topological polar surface area (TPSA) is 17.1 Å². The molecule has 0 saturated carbocycles. The summed E-state index contributed by atoms with van der Waals surface area (Å²) in [7, 11) is 1.68. The maximum absolute atomic E-state index is 9.69. The molecule has 0 aliphatic rings. The van der Waals surface area contributed by atoms with E-state index in [4.69, 9.17) is 0 Å². The highest BCUT2D eigenvalue weighted by molar-refractivity contribution is 7.92. The van der Waals surface area contributed by atoms with Crippen molar-refractivity contribution in [2.45, 2.75) is 0 Å². The molecule has 1 atom stereocenters. The quantitative estimate of drug-likeness (QED) is 0.259. The average molecular weight is 91.9 g/mol. The SMILES string of the molecule is B[PH](=O)[SiH3]. The second-order valence-corrected chi connectivity index (χ2v) is 6.95. The van der Waals surface area contributed by atoms with Crippen LogP contribution in [0.2, 0.25) is 0 Å². The fourth-order valence-corrected chi connectivity index (χ4v) is 0. The zero-order valence-corrected chi connectivity index (χ0v) is 5.91. The Balaban J connectivity index is 2.80. The Morgan fingerprint density at radius 2 is 2.00 bits per heavy atom. The van der Waals surface area contributed by atoms with Crippen molar-refractivity contribution in [2.24, 2.45) is 0 Å². The highest BCUT2D eigenvalue weighted by Gasteiger charge is 1.61. The van der Waals surface area contributed by atoms with Gasteiger partial charge in [-0.2, -0.15) is 0 Å². The minimum atomic E-state index is -0.991. The van der Waals surface area contributed by atoms with E-state index in [0.29, 0.717) is 0 Å². The van der Waals surface area contributed by atoms with Crippen molar-refractivity contribution in [3.05, 3.63) is 0 Å². The summed E-state index contributed by atoms with van der Waals surface area (Å²) in [5.74, 6) is 0. The lowest BCUT2D eigenvalue weighted by atomic mass is 10.8. The molecule has 0 bridgehead atoms. The van der Waals surface area contributed by atoms with Gasteiger partial charge in [0.05, 0.1) is 9.91 Å². The molecule has 0 aliphatic heterocycles. The van der Waals surface area contributed by atoms with Gasteiger partial charge in [0.1, 0.15) is 0 Å². The molecule has 0 aromatic rings. The third-order valence-corrected chi connectivity index (χ3v) is 0. The van der Waals surface area contributed by atoms with Gasteiger partial charge in [0.15, 0.2) is 7.57 Å². The third-order valence-electron chi connectivity index (χ3n) is 0. The summed E-state index contributed by atoms with van der Waals surface area (Å²) in [5, 5.41) is 0. The van der Waals surface area contributed by atoms with Crippen LogP contribution >= 0.6 is 7.23 Å². The van der Waals surface area contributed by atoms with E-state index in [1.807, 2.05) is 0 Å². The predicted molar refractivity (Wildman–Crippen MR) is 27.5 cm³/mol. The summed E-state index contributed by atoms with van der Waals surface area (Å²) in [4.78, 5) is 0. The van der Waals surface area contributed by atoms with Crippen molar-refractivity contribution in [1.82, 2.24) is 0 Å². The smallest absolute Gasteiger partial charge is 0.172 e. The van der Waals surface area contributed by atoms with Crippen LogP contribution in [-0.2, 0) is 4.57 Å². The first-order valence-electron chi connectivity index (χ1n) is 1.20. The fourth-order valence-electron chi connectivity index (χ4n) is 0. The molecule has 0 saturated heterocycles. The minimum absolute atomic E-state index is 0.895. The maximum Gasteiger partial charge on any atom is 0.172 e. The van der Waals surface area contributed by atoms with Crippen molar-refractivity contribution in [2.75, 3.05) is 0 Å². The molecule has 1 unspecified atom stereocenters. The Hall–Kier alpha value is 0.512. The van der Waals surface area contributed by atoms with E-state index in [9.17, 15) is 4.57 Å². The van der Waals surface area contributed by atoms with Gasteiger partial charge in [-0.15, -0.1) is 0 Å². The van der Waals surface area contributed by atoms with Crippen LogP contribution in [0.5, 0.6) is 0 Å². The third kappa shape index (κ3) is 21.9. The lowest BCUT2D eigenvalue weighted by Gasteiger charge is -1.58. The van der Waals surface area contributed by atoms with Crippen molar-refractivity contribution < 1.29 is 4.57 Å². The normalized spacial score (nSPS) is 16.0. The van der Waals surface area contributed by atoms with Crippen molar-refractivity contribution in [3.8, 4) is 0 Å². The Morgan fingerprint density at radius 1 is 2.00 bits per heavy atom. The second kappa shape index (κ2) is 1.80. The van der Waals surface area contributed by atoms with E-state index < -0.39 is 7.23 Å². The summed E-state index contributed by atoms with van der Waals surface area (Å²) in [6.45, 7) is 0. The van der Waals surface area contributed by atoms with Crippen LogP contribution in [0.1, 0.15) is 0 Å². The molecule has 0 N–H and O–H groups in total. The van der Waals surface area contributed by atoms with Crippen LogP contribution in [0, 0.1) is 0 Å². The number of rotatable bonds is 0. The summed E-state index contributed by atoms with van der Waals surface area (Å²) < 4.78 is 9.69. The molecular formula is H6BOPSi. The molecule has 0 aliphatic carbocycles. The average Bonchev–Trinajstić information content (AvgIpc) is 0.811. The molecule has 0 heterocycles. The Bertz CT molecular complexity index is 31.0. The Morgan fingerprint density at radius 3 is 2.00 bits per heavy atom. The van der Waals surface area contributed by atoms with E-state index in [1.165, 1.54) is 0 Å². The van der Waals surface area contributed by atoms with Crippen LogP contribution in [0.25, 0.3) is 0 Å². The summed E-state index contributed by atoms with van der Waals surface area (Å²) in [6.07, 6.45) is 0. The van der Waals surface area contributed by atoms with Crippen LogP contribution in [0.15, 0.2) is 0 Å². The molecule has 0 rings (SSSR count). The summed E-state index contributed by atoms with van der Waals surface area (Å²) in [5.41, 5.74) is 0. The molecule has 0 spiro atoms. The molecule has 4 heavy (non-hydrogen) atoms. The lowest BCUT2D eigenvalue weighted by molar-refractivity contribution is 0.602. The van der Waals surface area contributed by atoms with Gasteiger partial charge in [-0.1, -0.05) is 0 Å². The first-order valence-corrected chi connectivity index (χ1v) is 6.61. The standard InChI is InChI=1S/BH6OPSi/c1-3(2)4/h3H,1H2,4H3. The molecule has 24 valence electrons. The van der Waals surface area contributed by atoms with Gasteiger partial charge in [0, 0.05) is 7.23 Å². The first-order chi connectivity index (χ1) is 1.73. The van der Waals surface area contributed by atoms with Crippen LogP contribution < -0.4 is 0 Å². The van der Waals surface area contributed by atoms with Gasteiger partial charge in [-0.3, -0.25) is 0 Å². The molecule has 0 aromatic heterocycles. The lowest BCUT2D eigenvalue weighted by Crippen LogP contribution is -1.43. The second-order valence-electron chi connectivity index (χ2n) is 0.908. The zero-order chi connectivity index (χ0) is 3.58. The summed E-state index contributed by atoms with van der Waals surface area (Å²) in [6, 6.07) is 0. The molecule has 1 nitrogen and oxygen atoms in total. The van der Waals surface area contributed by atoms with E-state index >= 15 is 0 Å². The van der Waals surface area contributed by atoms with Crippen LogP contribution in [-0.4, -0.2) is 17.5 Å². The molecule has 0 radical (unpaired) electrons. The highest BCUT2D eigenvalue weighted by Crippen LogP contribution is 1.96. The molecule has 0 fully saturated rings. The largest absolute Gasteiger partial charge is 0.343 e. The Kier molecular flexibility index (Phi) is 2.03. The molecular weight excluding hydrogens is 85.9 g/mol. The molecule has 0 amide bonds. The molecule has 4 heteroatoms. The minimum Gasteiger partial charge on any atom is -0.343 e. The maximum atomic E-state index is 9.69. The zero-order valence-electron chi connectivity index (χ0n) is 2.91. The van der Waals surface area contributed by atoms with Crippen LogP contribution in [0.3, 0.4) is 0 Å². The Labute approximate surface area is 30.2 Å². The van der Waals surface area contributed by atoms with Gasteiger partial charge < -0.3 is 4.57 Å². The van der Waals surface area contributed by atoms with E-state index in [-0.39, 0.29) is 0 Å². The first kappa shape index (κ1) is 4.51. The van der Waals surface area contributed by atoms with Gasteiger partial charge in [-0.05, 0) is 0 Å². The van der Waals surface area contributed by atoms with E-state index in [2.05, 4.69) is 0 Å². The molecule has 0 aromatic carbocycles. The monoisotopic (exact) mass is 92.0 g/mol. The van der Waals surface area contributed by atoms with E-state index in [0.717, 1.165) is 9.91 Å². The van der Waals surface area contributed by atoms with Crippen LogP contribution in [0.4, 0.5) is 0 Å². The van der Waals surface area contributed by atoms with Crippen molar-refractivity contribution >= 4 is 24.7 Å². The van der Waals surface area contributed by atoms with Crippen molar-refractivity contribution in [3.63, 3.8) is 0 Å². The number of hydrogen-bond donors (Lipinski definition) is 0. The number of hydrogen-bond acceptors (Lipinski definition) is 1. The summed E-state index contributed by atoms with van der Waals surface area (Å²) >= 11 is 0. The fraction of sp³-hybridized carbons (Fsp3) is 0. The van der Waals surface area contributed by atoms with E-state index in [1.54, 1.807) is 7.57 Å². The predicted octanol–water partition coefficient (Wildman–Crippen LogP) is -1.63. The van der Waals surface area contributed by atoms with Gasteiger partial charge in [0.2, 0.25) is 0 Å². The van der Waals surface area contributed by atoms with Gasteiger partial charge in [0.25, 0.3) is 0 Å². The van der Waals surface area contributed by atoms with Gasteiger partial charge >= 0.3 is 0 Å². The highest BCUT2D eigenvalue weighted by atomic mass is 31.4. The van der Waals surface area contributed by atoms with Gasteiger partial charge in [-0.25, -0.2) is 0 Å².